The maximum Gasteiger partial charge on any atom is 0.324 e. The van der Waals surface area contributed by atoms with Gasteiger partial charge in [-0.25, -0.2) is 13.7 Å². The minimum Gasteiger partial charge on any atom is -0.310 e. The Bertz CT molecular complexity index is 212. The van der Waals surface area contributed by atoms with Crippen molar-refractivity contribution in [3.63, 3.8) is 0 Å². The van der Waals surface area contributed by atoms with Crippen molar-refractivity contribution in [2.24, 2.45) is 7.05 Å². The third-order valence-corrected chi connectivity index (χ3v) is 1.19. The van der Waals surface area contributed by atoms with Crippen LogP contribution in [0.1, 0.15) is 6.92 Å². The van der Waals surface area contributed by atoms with Gasteiger partial charge in [0.15, 0.2) is 0 Å². The highest BCUT2D eigenvalue weighted by Crippen LogP contribution is 1.79. The van der Waals surface area contributed by atoms with Crippen molar-refractivity contribution in [3.05, 3.63) is 18.7 Å². The van der Waals surface area contributed by atoms with Crippen LogP contribution < -0.4 is 4.57 Å². The number of aryl methyl sites for hydroxylation is 2. The van der Waals surface area contributed by atoms with Crippen LogP contribution in [-0.4, -0.2) is 9.46 Å². The Kier molecular flexibility index (Phi) is 5.61. The lowest BCUT2D eigenvalue weighted by Crippen LogP contribution is -2.23. The molecule has 1 aromatic rings. The van der Waals surface area contributed by atoms with Gasteiger partial charge in [-0.15, -0.1) is 0 Å². The minimum atomic E-state index is -0.833. The van der Waals surface area contributed by atoms with E-state index in [1.807, 2.05) is 17.8 Å². The molecule has 1 N–H and O–H groups in total. The molecule has 1 heterocycles. The molecule has 0 amide bonds. The molecular weight excluding hydrogens is 163 g/mol. The molecule has 0 radical (unpaired) electrons. The molecule has 62 valence electrons. The average molecular weight is 175 g/mol. The molecular formula is C6H12N2O2P+. The molecule has 0 fully saturated rings. The topological polar surface area (TPSA) is 46.1 Å². The van der Waals surface area contributed by atoms with Gasteiger partial charge in [-0.05, 0) is 6.92 Å². The Balaban J connectivity index is 0.000000292. The van der Waals surface area contributed by atoms with E-state index < -0.39 is 8.69 Å². The van der Waals surface area contributed by atoms with Crippen LogP contribution >= 0.6 is 8.69 Å². The predicted octanol–water partition coefficient (Wildman–Crippen LogP) is 0.518. The lowest BCUT2D eigenvalue weighted by molar-refractivity contribution is -0.671. The normalized spacial score (nSPS) is 9.00. The molecule has 0 aliphatic carbocycles. The number of nitrogens with zero attached hydrogens (tertiary/aromatic N) is 2. The van der Waals surface area contributed by atoms with Gasteiger partial charge in [-0.2, -0.15) is 0 Å². The lowest BCUT2D eigenvalue weighted by atomic mass is 10.7. The van der Waals surface area contributed by atoms with Crippen molar-refractivity contribution >= 4 is 8.69 Å². The largest absolute Gasteiger partial charge is 0.324 e. The van der Waals surface area contributed by atoms with Gasteiger partial charge in [-0.3, -0.25) is 0 Å². The van der Waals surface area contributed by atoms with E-state index in [4.69, 9.17) is 9.46 Å². The van der Waals surface area contributed by atoms with Crippen molar-refractivity contribution in [2.45, 2.75) is 13.5 Å². The standard InChI is InChI=1S/C6H11N2.HO2P/c1-3-8-5-4-7(2)6-8;1-3-2/h4-6H,3H2,1-2H3;(H,1,2)/q+1;. The highest BCUT2D eigenvalue weighted by Gasteiger charge is 1.92. The number of imidazole rings is 1. The third-order valence-electron chi connectivity index (χ3n) is 1.19. The molecule has 5 heteroatoms. The van der Waals surface area contributed by atoms with E-state index in [0.29, 0.717) is 0 Å². The van der Waals surface area contributed by atoms with E-state index >= 15 is 0 Å². The smallest absolute Gasteiger partial charge is 0.310 e. The van der Waals surface area contributed by atoms with Crippen LogP contribution in [0.5, 0.6) is 0 Å². The van der Waals surface area contributed by atoms with Crippen molar-refractivity contribution in [2.75, 3.05) is 0 Å². The van der Waals surface area contributed by atoms with Crippen molar-refractivity contribution < 1.29 is 14.0 Å². The van der Waals surface area contributed by atoms with Gasteiger partial charge < -0.3 is 4.89 Å². The van der Waals surface area contributed by atoms with Crippen LogP contribution in [0.3, 0.4) is 0 Å². The number of hydrogen-bond donors (Lipinski definition) is 1. The maximum absolute atomic E-state index is 8.46. The third kappa shape index (κ3) is 4.65. The first-order valence-corrected chi connectivity index (χ1v) is 3.98. The van der Waals surface area contributed by atoms with Crippen LogP contribution in [0.25, 0.3) is 0 Å². The summed E-state index contributed by atoms with van der Waals surface area (Å²) in [6.07, 6.45) is 6.14. The lowest BCUT2D eigenvalue weighted by Gasteiger charge is -1.81. The molecule has 0 spiro atoms. The summed E-state index contributed by atoms with van der Waals surface area (Å²) in [5.41, 5.74) is 0. The summed E-state index contributed by atoms with van der Waals surface area (Å²) in [6.45, 7) is 3.18. The second kappa shape index (κ2) is 6.01. The maximum atomic E-state index is 8.46. The zero-order valence-corrected chi connectivity index (χ0v) is 7.53. The summed E-state index contributed by atoms with van der Waals surface area (Å²) in [6, 6.07) is 0. The van der Waals surface area contributed by atoms with E-state index in [9.17, 15) is 0 Å². The first kappa shape index (κ1) is 10.3. The molecule has 11 heavy (non-hydrogen) atoms. The van der Waals surface area contributed by atoms with Gasteiger partial charge in [-0.1, -0.05) is 0 Å². The molecule has 0 bridgehead atoms. The monoisotopic (exact) mass is 175 g/mol. The van der Waals surface area contributed by atoms with Crippen LogP contribution in [0.2, 0.25) is 0 Å². The van der Waals surface area contributed by atoms with E-state index in [0.717, 1.165) is 6.54 Å². The summed E-state index contributed by atoms with van der Waals surface area (Å²) < 4.78 is 12.6. The number of hydrogen-bond acceptors (Lipinski definition) is 1. The summed E-state index contributed by atoms with van der Waals surface area (Å²) in [4.78, 5) is 6.99. The Morgan fingerprint density at radius 1 is 1.73 bits per heavy atom. The van der Waals surface area contributed by atoms with Gasteiger partial charge in [0.25, 0.3) is 0 Å². The summed E-state index contributed by atoms with van der Waals surface area (Å²) in [5.74, 6) is 0. The Hall–Kier alpha value is -0.730. The first-order valence-electron chi connectivity index (χ1n) is 3.22. The van der Waals surface area contributed by atoms with Crippen molar-refractivity contribution in [1.82, 2.24) is 4.57 Å². The summed E-state index contributed by atoms with van der Waals surface area (Å²) in [7, 11) is 1.19. The molecule has 1 rings (SSSR count). The average Bonchev–Trinajstić information content (AvgIpc) is 2.37. The van der Waals surface area contributed by atoms with Crippen LogP contribution in [0.4, 0.5) is 0 Å². The molecule has 0 aliphatic heterocycles. The second-order valence-electron chi connectivity index (χ2n) is 1.99. The molecule has 0 unspecified atom stereocenters. The van der Waals surface area contributed by atoms with Gasteiger partial charge >= 0.3 is 8.69 Å². The van der Waals surface area contributed by atoms with Gasteiger partial charge in [0.2, 0.25) is 6.33 Å². The van der Waals surface area contributed by atoms with E-state index in [2.05, 4.69) is 24.0 Å². The molecule has 0 aromatic carbocycles. The molecule has 4 nitrogen and oxygen atoms in total. The minimum absolute atomic E-state index is 0.833. The zero-order valence-electron chi connectivity index (χ0n) is 6.64. The highest BCUT2D eigenvalue weighted by molar-refractivity contribution is 7.16. The quantitative estimate of drug-likeness (QED) is 0.499. The van der Waals surface area contributed by atoms with E-state index in [1.165, 1.54) is 0 Å². The van der Waals surface area contributed by atoms with E-state index in [-0.39, 0.29) is 0 Å². The van der Waals surface area contributed by atoms with Crippen molar-refractivity contribution in [3.8, 4) is 0 Å². The van der Waals surface area contributed by atoms with Gasteiger partial charge in [0, 0.05) is 0 Å². The van der Waals surface area contributed by atoms with E-state index in [1.54, 1.807) is 0 Å². The van der Waals surface area contributed by atoms with Crippen LogP contribution in [0, 0.1) is 0 Å². The Morgan fingerprint density at radius 3 is 2.45 bits per heavy atom. The van der Waals surface area contributed by atoms with Crippen molar-refractivity contribution in [1.29, 1.82) is 0 Å². The molecule has 0 saturated heterocycles. The second-order valence-corrected chi connectivity index (χ2v) is 2.15. The van der Waals surface area contributed by atoms with Crippen LogP contribution in [0.15, 0.2) is 18.7 Å². The first-order chi connectivity index (χ1) is 5.24. The molecule has 0 saturated carbocycles. The summed E-state index contributed by atoms with van der Waals surface area (Å²) >= 11 is 0. The number of aromatic nitrogens is 2. The Morgan fingerprint density at radius 2 is 2.27 bits per heavy atom. The zero-order chi connectivity index (χ0) is 8.69. The molecule has 0 aliphatic rings. The van der Waals surface area contributed by atoms with Gasteiger partial charge in [0.1, 0.15) is 12.4 Å². The van der Waals surface area contributed by atoms with Gasteiger partial charge in [0.05, 0.1) is 13.6 Å². The van der Waals surface area contributed by atoms with Crippen LogP contribution in [-0.2, 0) is 18.2 Å². The molecule has 1 aromatic heterocycles. The number of rotatable bonds is 1. The Labute approximate surface area is 67.4 Å². The fourth-order valence-electron chi connectivity index (χ4n) is 0.689. The fourth-order valence-corrected chi connectivity index (χ4v) is 0.689. The summed E-state index contributed by atoms with van der Waals surface area (Å²) in [5, 5.41) is 0. The fraction of sp³-hybridized carbons (Fsp3) is 0.500. The highest BCUT2D eigenvalue weighted by atomic mass is 31.1. The predicted molar refractivity (Wildman–Crippen MR) is 41.1 cm³/mol. The SMILES string of the molecule is CCn1cc[n+](C)c1.O=PO. The molecule has 0 atom stereocenters.